The van der Waals surface area contributed by atoms with E-state index in [0.29, 0.717) is 0 Å². The van der Waals surface area contributed by atoms with Crippen LogP contribution in [-0.2, 0) is 24.6 Å². The first kappa shape index (κ1) is 23.4. The van der Waals surface area contributed by atoms with Crippen molar-refractivity contribution in [1.29, 1.82) is 0 Å². The monoisotopic (exact) mass is 414 g/mol. The molecule has 1 saturated heterocycles. The lowest BCUT2D eigenvalue weighted by molar-refractivity contribution is -0.277. The second-order valence-corrected chi connectivity index (χ2v) is 7.20. The number of hydrogen-bond acceptors (Lipinski definition) is 4. The van der Waals surface area contributed by atoms with Gasteiger partial charge in [0.2, 0.25) is 0 Å². The Morgan fingerprint density at radius 1 is 1.21 bits per heavy atom. The Morgan fingerprint density at radius 3 is 2.38 bits per heavy atom. The highest BCUT2D eigenvalue weighted by atomic mass is 19.4. The van der Waals surface area contributed by atoms with Gasteiger partial charge in [-0.15, -0.1) is 0 Å². The lowest BCUT2D eigenvalue weighted by Gasteiger charge is -2.33. The molecule has 0 N–H and O–H groups in total. The van der Waals surface area contributed by atoms with Gasteiger partial charge in [-0.25, -0.2) is 4.79 Å². The Morgan fingerprint density at radius 2 is 1.86 bits per heavy atom. The first-order valence-electron chi connectivity index (χ1n) is 9.98. The number of alkyl halides is 3. The molecule has 0 radical (unpaired) electrons. The van der Waals surface area contributed by atoms with E-state index in [2.05, 4.69) is 6.92 Å². The van der Waals surface area contributed by atoms with Crippen molar-refractivity contribution in [2.75, 3.05) is 7.11 Å². The van der Waals surface area contributed by atoms with Crippen LogP contribution < -0.4 is 0 Å². The topological polar surface area (TPSA) is 48.1 Å². The molecule has 0 bridgehead atoms. The Balaban J connectivity index is 2.19. The third-order valence-electron chi connectivity index (χ3n) is 5.05. The van der Waals surface area contributed by atoms with Gasteiger partial charge < -0.3 is 14.2 Å². The van der Waals surface area contributed by atoms with Gasteiger partial charge in [-0.3, -0.25) is 0 Å². The number of carbonyl (C=O) groups is 1. The molecule has 0 aliphatic carbocycles. The van der Waals surface area contributed by atoms with Crippen LogP contribution in [0.25, 0.3) is 0 Å². The summed E-state index contributed by atoms with van der Waals surface area (Å²) in [5, 5.41) is 0. The summed E-state index contributed by atoms with van der Waals surface area (Å²) in [5.41, 5.74) is -3.52. The summed E-state index contributed by atoms with van der Waals surface area (Å²) in [6.45, 7) is 3.90. The summed E-state index contributed by atoms with van der Waals surface area (Å²) in [7, 11) is 0.858. The van der Waals surface area contributed by atoms with Crippen molar-refractivity contribution in [2.45, 2.75) is 76.0 Å². The predicted molar refractivity (Wildman–Crippen MR) is 103 cm³/mol. The maximum Gasteiger partial charge on any atom is 0.432 e. The molecule has 0 amide bonds. The van der Waals surface area contributed by atoms with Gasteiger partial charge in [-0.05, 0) is 25.8 Å². The van der Waals surface area contributed by atoms with E-state index < -0.39 is 30.0 Å². The molecule has 0 saturated carbocycles. The summed E-state index contributed by atoms with van der Waals surface area (Å²) in [6.07, 6.45) is 2.00. The SMILES string of the molecule is CCCCCC/C=C/[C@H](OC(=O)[C@@](OC)(c1ccccc1)C(F)(F)F)[C@H]1O[C@H]1C. The summed E-state index contributed by atoms with van der Waals surface area (Å²) >= 11 is 0. The smallest absolute Gasteiger partial charge is 0.432 e. The highest BCUT2D eigenvalue weighted by Crippen LogP contribution is 2.43. The lowest BCUT2D eigenvalue weighted by atomic mass is 9.92. The molecule has 1 aromatic rings. The van der Waals surface area contributed by atoms with Crippen LogP contribution in [0, 0.1) is 0 Å². The zero-order chi connectivity index (χ0) is 21.5. The van der Waals surface area contributed by atoms with Crippen molar-refractivity contribution in [2.24, 2.45) is 0 Å². The average Bonchev–Trinajstić information content (AvgIpc) is 3.41. The Bertz CT molecular complexity index is 674. The summed E-state index contributed by atoms with van der Waals surface area (Å²) in [5.74, 6) is -1.50. The largest absolute Gasteiger partial charge is 0.453 e. The average molecular weight is 414 g/mol. The Kier molecular flexibility index (Phi) is 8.28. The zero-order valence-corrected chi connectivity index (χ0v) is 17.1. The van der Waals surface area contributed by atoms with E-state index in [1.54, 1.807) is 19.1 Å². The number of unbranched alkanes of at least 4 members (excludes halogenated alkanes) is 4. The Hall–Kier alpha value is -1.86. The molecule has 162 valence electrons. The number of benzene rings is 1. The van der Waals surface area contributed by atoms with Crippen molar-refractivity contribution in [3.63, 3.8) is 0 Å². The maximum atomic E-state index is 14.0. The van der Waals surface area contributed by atoms with Crippen LogP contribution in [0.15, 0.2) is 42.5 Å². The van der Waals surface area contributed by atoms with Gasteiger partial charge in [0.15, 0.2) is 0 Å². The first-order valence-corrected chi connectivity index (χ1v) is 9.98. The number of hydrogen-bond donors (Lipinski definition) is 0. The minimum atomic E-state index is -5.00. The molecule has 2 rings (SSSR count). The van der Waals surface area contributed by atoms with Crippen molar-refractivity contribution in [3.05, 3.63) is 48.0 Å². The lowest BCUT2D eigenvalue weighted by Crippen LogP contribution is -2.52. The number of methoxy groups -OCH3 is 1. The molecule has 4 nitrogen and oxygen atoms in total. The molecule has 29 heavy (non-hydrogen) atoms. The minimum absolute atomic E-state index is 0.183. The third-order valence-corrected chi connectivity index (χ3v) is 5.05. The van der Waals surface area contributed by atoms with Gasteiger partial charge in [-0.1, -0.05) is 62.6 Å². The van der Waals surface area contributed by atoms with Gasteiger partial charge in [0.1, 0.15) is 12.2 Å². The van der Waals surface area contributed by atoms with Crippen LogP contribution in [0.5, 0.6) is 0 Å². The van der Waals surface area contributed by atoms with Crippen LogP contribution in [0.4, 0.5) is 13.2 Å². The molecule has 1 heterocycles. The standard InChI is InChI=1S/C22H29F3O4/c1-4-5-6-7-8-12-15-18(19-16(2)28-19)29-20(26)21(27-3,22(23,24)25)17-13-10-9-11-14-17/h9-16,18-19H,4-8H2,1-3H3/b15-12+/t16-,18-,19-,21-/m0/s1. The maximum absolute atomic E-state index is 14.0. The van der Waals surface area contributed by atoms with E-state index in [1.165, 1.54) is 24.3 Å². The fraction of sp³-hybridized carbons (Fsp3) is 0.591. The van der Waals surface area contributed by atoms with E-state index in [1.807, 2.05) is 6.08 Å². The van der Waals surface area contributed by atoms with E-state index >= 15 is 0 Å². The second-order valence-electron chi connectivity index (χ2n) is 7.20. The predicted octanol–water partition coefficient (Wildman–Crippen LogP) is 5.32. The van der Waals surface area contributed by atoms with Crippen LogP contribution in [-0.4, -0.2) is 37.6 Å². The van der Waals surface area contributed by atoms with Crippen LogP contribution in [0.1, 0.15) is 51.5 Å². The fourth-order valence-electron chi connectivity index (χ4n) is 3.28. The first-order chi connectivity index (χ1) is 13.8. The number of allylic oxidation sites excluding steroid dienone is 1. The molecule has 4 atom stereocenters. The van der Waals surface area contributed by atoms with E-state index in [0.717, 1.165) is 39.2 Å². The number of ether oxygens (including phenoxy) is 3. The van der Waals surface area contributed by atoms with Crippen LogP contribution in [0.2, 0.25) is 0 Å². The molecule has 7 heteroatoms. The van der Waals surface area contributed by atoms with Crippen molar-refractivity contribution >= 4 is 5.97 Å². The highest BCUT2D eigenvalue weighted by Gasteiger charge is 2.64. The molecule has 0 spiro atoms. The van der Waals surface area contributed by atoms with Crippen molar-refractivity contribution in [3.8, 4) is 0 Å². The molecule has 1 fully saturated rings. The van der Waals surface area contributed by atoms with Gasteiger partial charge >= 0.3 is 12.1 Å². The molecule has 0 aromatic heterocycles. The Labute approximate surface area is 170 Å². The highest BCUT2D eigenvalue weighted by molar-refractivity contribution is 5.83. The number of esters is 1. The molecular weight excluding hydrogens is 385 g/mol. The normalized spacial score (nSPS) is 22.3. The minimum Gasteiger partial charge on any atom is -0.453 e. The van der Waals surface area contributed by atoms with Gasteiger partial charge in [0.05, 0.1) is 6.10 Å². The summed E-state index contributed by atoms with van der Waals surface area (Å²) in [4.78, 5) is 12.8. The second kappa shape index (κ2) is 10.3. The molecule has 1 aliphatic rings. The third kappa shape index (κ3) is 5.60. The molecular formula is C22H29F3O4. The zero-order valence-electron chi connectivity index (χ0n) is 17.1. The number of halogens is 3. The number of epoxide rings is 1. The fourth-order valence-corrected chi connectivity index (χ4v) is 3.28. The summed E-state index contributed by atoms with van der Waals surface area (Å²) in [6, 6.07) is 6.80. The van der Waals surface area contributed by atoms with E-state index in [4.69, 9.17) is 14.2 Å². The summed E-state index contributed by atoms with van der Waals surface area (Å²) < 4.78 is 57.5. The molecule has 1 aromatic carbocycles. The van der Waals surface area contributed by atoms with Crippen molar-refractivity contribution < 1.29 is 32.2 Å². The van der Waals surface area contributed by atoms with E-state index in [-0.39, 0.29) is 11.7 Å². The number of carbonyl (C=O) groups excluding carboxylic acids is 1. The van der Waals surface area contributed by atoms with Gasteiger partial charge in [0, 0.05) is 12.7 Å². The van der Waals surface area contributed by atoms with Crippen LogP contribution >= 0.6 is 0 Å². The molecule has 0 unspecified atom stereocenters. The quantitative estimate of drug-likeness (QED) is 0.213. The van der Waals surface area contributed by atoms with Gasteiger partial charge in [-0.2, -0.15) is 13.2 Å². The van der Waals surface area contributed by atoms with Crippen LogP contribution in [0.3, 0.4) is 0 Å². The van der Waals surface area contributed by atoms with E-state index in [9.17, 15) is 18.0 Å². The van der Waals surface area contributed by atoms with Gasteiger partial charge in [0.25, 0.3) is 5.60 Å². The molecule has 1 aliphatic heterocycles. The van der Waals surface area contributed by atoms with Crippen molar-refractivity contribution in [1.82, 2.24) is 0 Å². The number of rotatable bonds is 11.